The Morgan fingerprint density at radius 3 is 2.43 bits per heavy atom. The van der Waals surface area contributed by atoms with Crippen LogP contribution in [0.1, 0.15) is 21.5 Å². The molecule has 0 saturated carbocycles. The van der Waals surface area contributed by atoms with Gasteiger partial charge >= 0.3 is 5.97 Å². The molecule has 0 heterocycles. The summed E-state index contributed by atoms with van der Waals surface area (Å²) in [6, 6.07) is 8.60. The second kappa shape index (κ2) is 9.60. The molecule has 2 aromatic carbocycles. The first-order valence-electron chi connectivity index (χ1n) is 8.11. The van der Waals surface area contributed by atoms with Crippen molar-refractivity contribution < 1.29 is 33.1 Å². The van der Waals surface area contributed by atoms with Crippen LogP contribution in [0.4, 0.5) is 14.5 Å². The summed E-state index contributed by atoms with van der Waals surface area (Å²) in [5.41, 5.74) is 0.937. The van der Waals surface area contributed by atoms with Gasteiger partial charge in [-0.05, 0) is 23.8 Å². The van der Waals surface area contributed by atoms with Crippen molar-refractivity contribution in [2.75, 3.05) is 13.7 Å². The van der Waals surface area contributed by atoms with Gasteiger partial charge in [-0.15, -0.1) is 0 Å². The van der Waals surface area contributed by atoms with Crippen LogP contribution in [0, 0.1) is 10.1 Å². The molecule has 0 radical (unpaired) electrons. The zero-order chi connectivity index (χ0) is 20.7. The van der Waals surface area contributed by atoms with E-state index in [1.54, 1.807) is 12.1 Å². The van der Waals surface area contributed by atoms with E-state index in [0.717, 1.165) is 11.6 Å². The summed E-state index contributed by atoms with van der Waals surface area (Å²) in [4.78, 5) is 21.5. The van der Waals surface area contributed by atoms with Crippen LogP contribution in [-0.2, 0) is 13.1 Å². The number of methoxy groups -OCH3 is 1. The Balaban J connectivity index is 2.12. The SMILES string of the molecule is COc1cc(CNCc2ccc(C(=O)O)cc2)c([N+](=O)[O-])cc1OCC(F)F. The normalized spacial score (nSPS) is 10.7. The van der Waals surface area contributed by atoms with Crippen LogP contribution < -0.4 is 14.8 Å². The molecule has 0 bridgehead atoms. The van der Waals surface area contributed by atoms with Gasteiger partial charge < -0.3 is 19.9 Å². The second-order valence-corrected chi connectivity index (χ2v) is 5.70. The van der Waals surface area contributed by atoms with Crippen molar-refractivity contribution in [1.29, 1.82) is 0 Å². The maximum absolute atomic E-state index is 12.3. The summed E-state index contributed by atoms with van der Waals surface area (Å²) in [5, 5.41) is 23.2. The standard InChI is InChI=1S/C18H18F2N2O6/c1-27-15-6-13(14(22(25)26)7-16(15)28-10-17(19)20)9-21-8-11-2-4-12(5-3-11)18(23)24/h2-7,17,21H,8-10H2,1H3,(H,23,24). The smallest absolute Gasteiger partial charge is 0.335 e. The quantitative estimate of drug-likeness (QED) is 0.468. The Kier molecular flexibility index (Phi) is 7.21. The molecule has 0 aromatic heterocycles. The molecule has 0 fully saturated rings. The van der Waals surface area contributed by atoms with E-state index in [4.69, 9.17) is 14.6 Å². The van der Waals surface area contributed by atoms with E-state index in [1.165, 1.54) is 25.3 Å². The van der Waals surface area contributed by atoms with E-state index in [0.29, 0.717) is 6.54 Å². The third kappa shape index (κ3) is 5.61. The maximum atomic E-state index is 12.3. The highest BCUT2D eigenvalue weighted by Gasteiger charge is 2.20. The predicted molar refractivity (Wildman–Crippen MR) is 95.1 cm³/mol. The number of benzene rings is 2. The summed E-state index contributed by atoms with van der Waals surface area (Å²) in [5.74, 6) is -1.06. The van der Waals surface area contributed by atoms with E-state index < -0.39 is 23.9 Å². The number of carbonyl (C=O) groups is 1. The number of nitrogens with zero attached hydrogens (tertiary/aromatic N) is 1. The minimum atomic E-state index is -2.72. The lowest BCUT2D eigenvalue weighted by molar-refractivity contribution is -0.385. The summed E-state index contributed by atoms with van der Waals surface area (Å²) in [6.07, 6.45) is -2.72. The van der Waals surface area contributed by atoms with E-state index >= 15 is 0 Å². The van der Waals surface area contributed by atoms with Crippen LogP contribution in [-0.4, -0.2) is 36.1 Å². The number of nitro benzene ring substituents is 1. The third-order valence-corrected chi connectivity index (χ3v) is 3.77. The van der Waals surface area contributed by atoms with Gasteiger partial charge in [0.1, 0.15) is 6.61 Å². The number of hydrogen-bond donors (Lipinski definition) is 2. The minimum absolute atomic E-state index is 0.0997. The van der Waals surface area contributed by atoms with E-state index in [1.807, 2.05) is 0 Å². The Morgan fingerprint density at radius 2 is 1.89 bits per heavy atom. The second-order valence-electron chi connectivity index (χ2n) is 5.70. The monoisotopic (exact) mass is 396 g/mol. The van der Waals surface area contributed by atoms with Gasteiger partial charge in [-0.3, -0.25) is 10.1 Å². The van der Waals surface area contributed by atoms with Gasteiger partial charge in [0, 0.05) is 18.7 Å². The maximum Gasteiger partial charge on any atom is 0.335 e. The molecule has 0 saturated heterocycles. The molecule has 0 aliphatic heterocycles. The highest BCUT2D eigenvalue weighted by atomic mass is 19.3. The fourth-order valence-corrected chi connectivity index (χ4v) is 2.43. The topological polar surface area (TPSA) is 111 Å². The first-order valence-corrected chi connectivity index (χ1v) is 8.11. The lowest BCUT2D eigenvalue weighted by Crippen LogP contribution is -2.15. The van der Waals surface area contributed by atoms with Crippen LogP contribution in [0.15, 0.2) is 36.4 Å². The lowest BCUT2D eigenvalue weighted by Gasteiger charge is -2.13. The molecule has 28 heavy (non-hydrogen) atoms. The van der Waals surface area contributed by atoms with Gasteiger partial charge in [-0.2, -0.15) is 0 Å². The first-order chi connectivity index (χ1) is 13.3. The van der Waals surface area contributed by atoms with Crippen molar-refractivity contribution >= 4 is 11.7 Å². The van der Waals surface area contributed by atoms with Gasteiger partial charge in [0.2, 0.25) is 0 Å². The number of nitrogens with one attached hydrogen (secondary N) is 1. The third-order valence-electron chi connectivity index (χ3n) is 3.77. The lowest BCUT2D eigenvalue weighted by atomic mass is 10.1. The van der Waals surface area contributed by atoms with Gasteiger partial charge in [-0.1, -0.05) is 12.1 Å². The van der Waals surface area contributed by atoms with Crippen LogP contribution in [0.25, 0.3) is 0 Å². The molecule has 0 aliphatic carbocycles. The molecule has 10 heteroatoms. The van der Waals surface area contributed by atoms with Crippen LogP contribution in [0.2, 0.25) is 0 Å². The number of halogens is 2. The molecule has 2 aromatic rings. The Bertz CT molecular complexity index is 843. The molecule has 0 atom stereocenters. The summed E-state index contributed by atoms with van der Waals surface area (Å²) < 4.78 is 34.7. The zero-order valence-corrected chi connectivity index (χ0v) is 14.9. The highest BCUT2D eigenvalue weighted by molar-refractivity contribution is 5.87. The number of aromatic carboxylic acids is 1. The van der Waals surface area contributed by atoms with Crippen LogP contribution in [0.5, 0.6) is 11.5 Å². The molecule has 8 nitrogen and oxygen atoms in total. The molecule has 0 amide bonds. The summed E-state index contributed by atoms with van der Waals surface area (Å²) >= 11 is 0. The molecular formula is C18H18F2N2O6. The number of carboxylic acid groups (broad SMARTS) is 1. The summed E-state index contributed by atoms with van der Waals surface area (Å²) in [6.45, 7) is -0.469. The zero-order valence-electron chi connectivity index (χ0n) is 14.9. The van der Waals surface area contributed by atoms with Gasteiger partial charge in [0.15, 0.2) is 11.5 Å². The highest BCUT2D eigenvalue weighted by Crippen LogP contribution is 2.35. The van der Waals surface area contributed by atoms with Gasteiger partial charge in [-0.25, -0.2) is 13.6 Å². The van der Waals surface area contributed by atoms with Crippen LogP contribution in [0.3, 0.4) is 0 Å². The first kappa shape index (κ1) is 21.0. The van der Waals surface area contributed by atoms with Crippen LogP contribution >= 0.6 is 0 Å². The average molecular weight is 396 g/mol. The molecule has 2 rings (SSSR count). The minimum Gasteiger partial charge on any atom is -0.493 e. The Labute approximate surface area is 158 Å². The van der Waals surface area contributed by atoms with E-state index in [9.17, 15) is 23.7 Å². The number of rotatable bonds is 10. The fraction of sp³-hybridized carbons (Fsp3) is 0.278. The fourth-order valence-electron chi connectivity index (χ4n) is 2.43. The molecule has 0 unspecified atom stereocenters. The van der Waals surface area contributed by atoms with Gasteiger partial charge in [0.25, 0.3) is 12.1 Å². The largest absolute Gasteiger partial charge is 0.493 e. The molecular weight excluding hydrogens is 378 g/mol. The van der Waals surface area contributed by atoms with E-state index in [2.05, 4.69) is 5.32 Å². The van der Waals surface area contributed by atoms with Crippen molar-refractivity contribution in [3.8, 4) is 11.5 Å². The van der Waals surface area contributed by atoms with Crippen molar-refractivity contribution in [3.63, 3.8) is 0 Å². The van der Waals surface area contributed by atoms with Crippen molar-refractivity contribution in [2.24, 2.45) is 0 Å². The van der Waals surface area contributed by atoms with Crippen molar-refractivity contribution in [1.82, 2.24) is 5.32 Å². The summed E-state index contributed by atoms with van der Waals surface area (Å²) in [7, 11) is 1.30. The molecule has 150 valence electrons. The number of nitro groups is 1. The van der Waals surface area contributed by atoms with Crippen molar-refractivity contribution in [2.45, 2.75) is 19.5 Å². The Hall–Kier alpha value is -3.27. The molecule has 2 N–H and O–H groups in total. The predicted octanol–water partition coefficient (Wildman–Crippen LogP) is 3.24. The Morgan fingerprint density at radius 1 is 1.21 bits per heavy atom. The van der Waals surface area contributed by atoms with E-state index in [-0.39, 0.29) is 34.9 Å². The number of carboxylic acids is 1. The van der Waals surface area contributed by atoms with Gasteiger partial charge in [0.05, 0.1) is 23.7 Å². The average Bonchev–Trinajstić information content (AvgIpc) is 2.66. The number of hydrogen-bond acceptors (Lipinski definition) is 6. The molecule has 0 spiro atoms. The number of ether oxygens (including phenoxy) is 2. The molecule has 0 aliphatic rings. The van der Waals surface area contributed by atoms with Crippen molar-refractivity contribution in [3.05, 3.63) is 63.2 Å². The number of alkyl halides is 2.